The summed E-state index contributed by atoms with van der Waals surface area (Å²) >= 11 is 0. The summed E-state index contributed by atoms with van der Waals surface area (Å²) in [6, 6.07) is 0.0997. The van der Waals surface area contributed by atoms with Gasteiger partial charge in [-0.1, -0.05) is 13.3 Å². The zero-order valence-electron chi connectivity index (χ0n) is 8.66. The van der Waals surface area contributed by atoms with E-state index >= 15 is 0 Å². The fraction of sp³-hybridized carbons (Fsp3) is 0.900. The summed E-state index contributed by atoms with van der Waals surface area (Å²) in [6.45, 7) is 7.14. The molecule has 1 saturated heterocycles. The van der Waals surface area contributed by atoms with Crippen LogP contribution in [0.25, 0.3) is 0 Å². The Kier molecular flexibility index (Phi) is 3.31. The molecule has 1 N–H and O–H groups in total. The molecule has 3 nitrogen and oxygen atoms in total. The fourth-order valence-electron chi connectivity index (χ4n) is 2.23. The normalized spacial score (nSPS) is 29.8. The second kappa shape index (κ2) is 4.09. The summed E-state index contributed by atoms with van der Waals surface area (Å²) < 4.78 is 0. The van der Waals surface area contributed by atoms with Crippen LogP contribution in [0.5, 0.6) is 0 Å². The van der Waals surface area contributed by atoms with Crippen molar-refractivity contribution in [2.45, 2.75) is 45.7 Å². The lowest BCUT2D eigenvalue weighted by Gasteiger charge is -2.27. The maximum Gasteiger partial charge on any atom is 0.321 e. The Morgan fingerprint density at radius 2 is 2.23 bits per heavy atom. The van der Waals surface area contributed by atoms with Crippen molar-refractivity contribution in [1.82, 2.24) is 4.90 Å². The van der Waals surface area contributed by atoms with Crippen LogP contribution in [0.15, 0.2) is 0 Å². The van der Waals surface area contributed by atoms with Gasteiger partial charge in [-0.25, -0.2) is 0 Å². The van der Waals surface area contributed by atoms with Gasteiger partial charge in [0.1, 0.15) is 6.04 Å². The van der Waals surface area contributed by atoms with Crippen molar-refractivity contribution in [2.75, 3.05) is 6.54 Å². The Balaban J connectivity index is 2.73. The lowest BCUT2D eigenvalue weighted by molar-refractivity contribution is -0.144. The first-order chi connectivity index (χ1) is 6.07. The molecule has 1 rings (SSSR count). The first-order valence-corrected chi connectivity index (χ1v) is 5.06. The average molecular weight is 185 g/mol. The largest absolute Gasteiger partial charge is 0.480 e. The van der Waals surface area contributed by atoms with E-state index < -0.39 is 5.97 Å². The second-order valence-electron chi connectivity index (χ2n) is 4.07. The zero-order valence-corrected chi connectivity index (χ0v) is 8.66. The minimum absolute atomic E-state index is 0.245. The summed E-state index contributed by atoms with van der Waals surface area (Å²) in [5.41, 5.74) is 0. The van der Waals surface area contributed by atoms with Crippen molar-refractivity contribution in [3.05, 3.63) is 0 Å². The van der Waals surface area contributed by atoms with Crippen LogP contribution in [0.4, 0.5) is 0 Å². The predicted molar refractivity (Wildman–Crippen MR) is 51.7 cm³/mol. The van der Waals surface area contributed by atoms with Gasteiger partial charge < -0.3 is 5.11 Å². The summed E-state index contributed by atoms with van der Waals surface area (Å²) in [5, 5.41) is 9.09. The molecule has 3 heteroatoms. The Labute approximate surface area is 79.7 Å². The van der Waals surface area contributed by atoms with Gasteiger partial charge in [-0.2, -0.15) is 0 Å². The molecule has 0 spiro atoms. The van der Waals surface area contributed by atoms with E-state index in [-0.39, 0.29) is 6.04 Å². The van der Waals surface area contributed by atoms with E-state index in [0.717, 1.165) is 19.4 Å². The number of hydrogen-bond acceptors (Lipinski definition) is 2. The smallest absolute Gasteiger partial charge is 0.321 e. The molecule has 13 heavy (non-hydrogen) atoms. The Hall–Kier alpha value is -0.570. The fourth-order valence-corrected chi connectivity index (χ4v) is 2.23. The molecule has 1 aliphatic rings. The molecule has 0 radical (unpaired) electrons. The summed E-state index contributed by atoms with van der Waals surface area (Å²) in [6.07, 6.45) is 2.01. The summed E-state index contributed by atoms with van der Waals surface area (Å²) in [4.78, 5) is 13.1. The Bertz CT molecular complexity index is 191. The minimum atomic E-state index is -0.655. The predicted octanol–water partition coefficient (Wildman–Crippen LogP) is 1.58. The topological polar surface area (TPSA) is 40.5 Å². The number of hydrogen-bond donors (Lipinski definition) is 1. The Morgan fingerprint density at radius 1 is 1.62 bits per heavy atom. The molecule has 0 aromatic rings. The van der Waals surface area contributed by atoms with Crippen LogP contribution in [0.3, 0.4) is 0 Å². The first-order valence-electron chi connectivity index (χ1n) is 5.06. The number of nitrogens with zero attached hydrogens (tertiary/aromatic N) is 1. The van der Waals surface area contributed by atoms with Crippen molar-refractivity contribution in [3.63, 3.8) is 0 Å². The first kappa shape index (κ1) is 10.5. The molecule has 0 aromatic carbocycles. The van der Waals surface area contributed by atoms with Crippen LogP contribution in [0.2, 0.25) is 0 Å². The molecule has 0 unspecified atom stereocenters. The van der Waals surface area contributed by atoms with Gasteiger partial charge in [0.2, 0.25) is 0 Å². The van der Waals surface area contributed by atoms with E-state index in [1.165, 1.54) is 0 Å². The van der Waals surface area contributed by atoms with E-state index in [4.69, 9.17) is 5.11 Å². The molecule has 0 aliphatic carbocycles. The number of carbonyl (C=O) groups is 1. The highest BCUT2D eigenvalue weighted by Gasteiger charge is 2.39. The van der Waals surface area contributed by atoms with E-state index in [1.807, 2.05) is 0 Å². The highest BCUT2D eigenvalue weighted by molar-refractivity contribution is 5.74. The molecule has 0 bridgehead atoms. The molecule has 1 heterocycles. The van der Waals surface area contributed by atoms with Gasteiger partial charge in [-0.05, 0) is 32.7 Å². The number of aliphatic carboxylic acids is 1. The minimum Gasteiger partial charge on any atom is -0.480 e. The average Bonchev–Trinajstić information content (AvgIpc) is 2.46. The zero-order chi connectivity index (χ0) is 10.0. The quantitative estimate of drug-likeness (QED) is 0.725. The van der Waals surface area contributed by atoms with Gasteiger partial charge in [0.25, 0.3) is 0 Å². The Morgan fingerprint density at radius 3 is 2.62 bits per heavy atom. The molecular weight excluding hydrogens is 166 g/mol. The van der Waals surface area contributed by atoms with Crippen molar-refractivity contribution in [3.8, 4) is 0 Å². The van der Waals surface area contributed by atoms with Crippen molar-refractivity contribution >= 4 is 5.97 Å². The second-order valence-corrected chi connectivity index (χ2v) is 4.07. The number of carboxylic acid groups (broad SMARTS) is 1. The lowest BCUT2D eigenvalue weighted by atomic mass is 9.97. The van der Waals surface area contributed by atoms with E-state index in [1.54, 1.807) is 0 Å². The standard InChI is InChI=1S/C10H19NO2/c1-4-8-5-6-11(7(2)3)9(8)10(12)13/h7-9H,4-6H2,1-3H3,(H,12,13)/t8-,9+/m1/s1. The lowest BCUT2D eigenvalue weighted by Crippen LogP contribution is -2.43. The van der Waals surface area contributed by atoms with Gasteiger partial charge in [0, 0.05) is 6.04 Å². The molecule has 1 aliphatic heterocycles. The van der Waals surface area contributed by atoms with Crippen LogP contribution in [-0.4, -0.2) is 34.6 Å². The molecule has 1 fully saturated rings. The van der Waals surface area contributed by atoms with Gasteiger partial charge in [-0.3, -0.25) is 9.69 Å². The SMILES string of the molecule is CC[C@@H]1CCN(C(C)C)[C@@H]1C(=O)O. The summed E-state index contributed by atoms with van der Waals surface area (Å²) in [7, 11) is 0. The van der Waals surface area contributed by atoms with Crippen LogP contribution in [0.1, 0.15) is 33.6 Å². The van der Waals surface area contributed by atoms with Crippen LogP contribution in [0, 0.1) is 5.92 Å². The monoisotopic (exact) mass is 185 g/mol. The molecule has 76 valence electrons. The van der Waals surface area contributed by atoms with Crippen LogP contribution in [-0.2, 0) is 4.79 Å². The van der Waals surface area contributed by atoms with Gasteiger partial charge in [0.05, 0.1) is 0 Å². The van der Waals surface area contributed by atoms with E-state index in [2.05, 4.69) is 25.7 Å². The highest BCUT2D eigenvalue weighted by atomic mass is 16.4. The third-order valence-electron chi connectivity index (χ3n) is 3.00. The maximum absolute atomic E-state index is 11.0. The molecule has 0 amide bonds. The number of carboxylic acids is 1. The molecular formula is C10H19NO2. The van der Waals surface area contributed by atoms with Gasteiger partial charge in [-0.15, -0.1) is 0 Å². The van der Waals surface area contributed by atoms with Crippen molar-refractivity contribution in [1.29, 1.82) is 0 Å². The van der Waals surface area contributed by atoms with Gasteiger partial charge >= 0.3 is 5.97 Å². The van der Waals surface area contributed by atoms with Gasteiger partial charge in [0.15, 0.2) is 0 Å². The maximum atomic E-state index is 11.0. The third-order valence-corrected chi connectivity index (χ3v) is 3.00. The summed E-state index contributed by atoms with van der Waals surface area (Å²) in [5.74, 6) is -0.307. The van der Waals surface area contributed by atoms with E-state index in [9.17, 15) is 4.79 Å². The molecule has 0 aromatic heterocycles. The number of likely N-dealkylation sites (tertiary alicyclic amines) is 1. The third kappa shape index (κ3) is 2.02. The molecule has 0 saturated carbocycles. The van der Waals surface area contributed by atoms with Crippen molar-refractivity contribution < 1.29 is 9.90 Å². The highest BCUT2D eigenvalue weighted by Crippen LogP contribution is 2.28. The van der Waals surface area contributed by atoms with Crippen LogP contribution < -0.4 is 0 Å². The van der Waals surface area contributed by atoms with E-state index in [0.29, 0.717) is 12.0 Å². The van der Waals surface area contributed by atoms with Crippen molar-refractivity contribution in [2.24, 2.45) is 5.92 Å². The number of rotatable bonds is 3. The molecule has 2 atom stereocenters. The van der Waals surface area contributed by atoms with Crippen LogP contribution >= 0.6 is 0 Å².